The zero-order valence-electron chi connectivity index (χ0n) is 9.31. The summed E-state index contributed by atoms with van der Waals surface area (Å²) in [6.07, 6.45) is -8.45. The van der Waals surface area contributed by atoms with Crippen molar-refractivity contribution in [1.29, 1.82) is 0 Å². The highest BCUT2D eigenvalue weighted by atomic mass is 35.5. The second-order valence-electron chi connectivity index (χ2n) is 3.57. The lowest BCUT2D eigenvalue weighted by Gasteiger charge is -2.14. The summed E-state index contributed by atoms with van der Waals surface area (Å²) in [5, 5.41) is 0. The first-order valence-electron chi connectivity index (χ1n) is 4.97. The minimum Gasteiger partial charge on any atom is -0.405 e. The van der Waals surface area contributed by atoms with E-state index in [0.717, 1.165) is 18.2 Å². The first-order valence-corrected chi connectivity index (χ1v) is 5.50. The molecule has 0 saturated heterocycles. The van der Waals surface area contributed by atoms with E-state index in [0.29, 0.717) is 0 Å². The van der Waals surface area contributed by atoms with Gasteiger partial charge in [0, 0.05) is 6.42 Å². The van der Waals surface area contributed by atoms with Crippen molar-refractivity contribution in [2.24, 2.45) is 0 Å². The largest absolute Gasteiger partial charge is 0.573 e. The van der Waals surface area contributed by atoms with Gasteiger partial charge in [-0.15, -0.1) is 24.8 Å². The summed E-state index contributed by atoms with van der Waals surface area (Å²) >= 11 is 5.25. The number of carbonyl (C=O) groups is 1. The minimum absolute atomic E-state index is 0.120. The Hall–Kier alpha value is -1.37. The van der Waals surface area contributed by atoms with Gasteiger partial charge in [0.15, 0.2) is 5.78 Å². The monoisotopic (exact) mass is 302 g/mol. The Balaban J connectivity index is 3.07. The van der Waals surface area contributed by atoms with Crippen molar-refractivity contribution in [3.05, 3.63) is 29.3 Å². The smallest absolute Gasteiger partial charge is 0.405 e. The maximum atomic E-state index is 12.5. The summed E-state index contributed by atoms with van der Waals surface area (Å²) in [5.41, 5.74) is -0.770. The van der Waals surface area contributed by atoms with Gasteiger partial charge in [-0.1, -0.05) is 6.07 Å². The van der Waals surface area contributed by atoms with E-state index in [1.54, 1.807) is 0 Å². The first-order chi connectivity index (χ1) is 8.73. The van der Waals surface area contributed by atoms with Crippen LogP contribution in [0.4, 0.5) is 22.0 Å². The van der Waals surface area contributed by atoms with Crippen molar-refractivity contribution in [1.82, 2.24) is 0 Å². The zero-order valence-corrected chi connectivity index (χ0v) is 10.1. The molecule has 2 nitrogen and oxygen atoms in total. The summed E-state index contributed by atoms with van der Waals surface area (Å²) in [5.74, 6) is -1.77. The standard InChI is InChI=1S/C11H8ClF5O2/c12-5-7(18)3-6-1-2-8(10(13)14)9(4-6)19-11(15,16)17/h1-2,4,10H,3,5H2. The molecule has 0 amide bonds. The van der Waals surface area contributed by atoms with Gasteiger partial charge in [0.2, 0.25) is 0 Å². The van der Waals surface area contributed by atoms with Crippen LogP contribution in [0.1, 0.15) is 17.6 Å². The molecular weight excluding hydrogens is 295 g/mol. The van der Waals surface area contributed by atoms with Gasteiger partial charge in [-0.2, -0.15) is 0 Å². The Bertz CT molecular complexity index is 459. The number of benzene rings is 1. The topological polar surface area (TPSA) is 26.3 Å². The Morgan fingerprint density at radius 1 is 1.32 bits per heavy atom. The molecule has 0 aliphatic carbocycles. The number of ether oxygens (including phenoxy) is 1. The van der Waals surface area contributed by atoms with Crippen molar-refractivity contribution in [3.63, 3.8) is 0 Å². The van der Waals surface area contributed by atoms with E-state index in [1.807, 2.05) is 0 Å². The lowest BCUT2D eigenvalue weighted by molar-refractivity contribution is -0.275. The molecule has 0 heterocycles. The van der Waals surface area contributed by atoms with E-state index in [1.165, 1.54) is 0 Å². The van der Waals surface area contributed by atoms with Gasteiger partial charge in [-0.25, -0.2) is 8.78 Å². The molecule has 0 unspecified atom stereocenters. The van der Waals surface area contributed by atoms with Crippen LogP contribution in [0.3, 0.4) is 0 Å². The molecule has 1 rings (SSSR count). The van der Waals surface area contributed by atoms with Gasteiger partial charge in [0.1, 0.15) is 5.75 Å². The quantitative estimate of drug-likeness (QED) is 0.609. The van der Waals surface area contributed by atoms with Gasteiger partial charge in [-0.05, 0) is 17.7 Å². The van der Waals surface area contributed by atoms with Crippen molar-refractivity contribution in [2.45, 2.75) is 19.2 Å². The third-order valence-corrected chi connectivity index (χ3v) is 2.39. The number of alkyl halides is 6. The Labute approximate surface area is 110 Å². The molecule has 0 saturated carbocycles. The fourth-order valence-electron chi connectivity index (χ4n) is 1.36. The Kier molecular flexibility index (Phi) is 5.11. The lowest BCUT2D eigenvalue weighted by atomic mass is 10.1. The van der Waals surface area contributed by atoms with Gasteiger partial charge < -0.3 is 4.74 Å². The van der Waals surface area contributed by atoms with E-state index in [2.05, 4.69) is 4.74 Å². The molecule has 8 heteroatoms. The van der Waals surface area contributed by atoms with E-state index in [4.69, 9.17) is 11.6 Å². The predicted octanol–water partition coefficient (Wildman–Crippen LogP) is 3.87. The molecule has 0 bridgehead atoms. The Morgan fingerprint density at radius 2 is 1.95 bits per heavy atom. The van der Waals surface area contributed by atoms with E-state index >= 15 is 0 Å². The predicted molar refractivity (Wildman–Crippen MR) is 57.5 cm³/mol. The molecule has 19 heavy (non-hydrogen) atoms. The van der Waals surface area contributed by atoms with E-state index < -0.39 is 29.9 Å². The van der Waals surface area contributed by atoms with Crippen molar-refractivity contribution < 1.29 is 31.5 Å². The summed E-state index contributed by atoms with van der Waals surface area (Å²) in [4.78, 5) is 11.1. The van der Waals surface area contributed by atoms with Gasteiger partial charge in [-0.3, -0.25) is 4.79 Å². The fraction of sp³-hybridized carbons (Fsp3) is 0.364. The molecule has 1 aromatic rings. The summed E-state index contributed by atoms with van der Waals surface area (Å²) in [7, 11) is 0. The molecular formula is C11H8ClF5O2. The number of halogens is 6. The van der Waals surface area contributed by atoms with E-state index in [-0.39, 0.29) is 17.9 Å². The number of carbonyl (C=O) groups excluding carboxylic acids is 1. The van der Waals surface area contributed by atoms with Crippen molar-refractivity contribution in [3.8, 4) is 5.75 Å². The molecule has 0 aliphatic heterocycles. The zero-order chi connectivity index (χ0) is 14.6. The van der Waals surface area contributed by atoms with Gasteiger partial charge in [0.25, 0.3) is 6.43 Å². The van der Waals surface area contributed by atoms with E-state index in [9.17, 15) is 26.7 Å². The van der Waals surface area contributed by atoms with Crippen LogP contribution in [0.15, 0.2) is 18.2 Å². The molecule has 0 N–H and O–H groups in total. The van der Waals surface area contributed by atoms with Crippen molar-refractivity contribution in [2.75, 3.05) is 5.88 Å². The third kappa shape index (κ3) is 5.02. The van der Waals surface area contributed by atoms with Crippen LogP contribution >= 0.6 is 11.6 Å². The van der Waals surface area contributed by atoms with Crippen LogP contribution < -0.4 is 4.74 Å². The molecule has 0 fully saturated rings. The highest BCUT2D eigenvalue weighted by molar-refractivity contribution is 6.27. The molecule has 0 aromatic heterocycles. The number of hydrogen-bond donors (Lipinski definition) is 0. The summed E-state index contributed by atoms with van der Waals surface area (Å²) < 4.78 is 64.9. The van der Waals surface area contributed by atoms with Gasteiger partial charge >= 0.3 is 6.36 Å². The number of rotatable bonds is 5. The molecule has 1 aromatic carbocycles. The highest BCUT2D eigenvalue weighted by Crippen LogP contribution is 2.33. The van der Waals surface area contributed by atoms with Crippen LogP contribution in [0.5, 0.6) is 5.75 Å². The summed E-state index contributed by atoms with van der Waals surface area (Å²) in [6.45, 7) is 0. The number of Topliss-reactive ketones (excluding diaryl/α,β-unsaturated/α-hetero) is 1. The fourth-order valence-corrected chi connectivity index (χ4v) is 1.45. The second kappa shape index (κ2) is 6.18. The second-order valence-corrected chi connectivity index (χ2v) is 3.84. The number of hydrogen-bond acceptors (Lipinski definition) is 2. The van der Waals surface area contributed by atoms with Gasteiger partial charge in [0.05, 0.1) is 11.4 Å². The van der Waals surface area contributed by atoms with Crippen LogP contribution in [0.2, 0.25) is 0 Å². The minimum atomic E-state index is -5.08. The normalized spacial score (nSPS) is 11.7. The maximum absolute atomic E-state index is 12.5. The van der Waals surface area contributed by atoms with Crippen molar-refractivity contribution >= 4 is 17.4 Å². The average molecular weight is 303 g/mol. The van der Waals surface area contributed by atoms with Crippen LogP contribution in [-0.2, 0) is 11.2 Å². The lowest BCUT2D eigenvalue weighted by Crippen LogP contribution is -2.18. The van der Waals surface area contributed by atoms with Crippen LogP contribution in [0, 0.1) is 0 Å². The maximum Gasteiger partial charge on any atom is 0.573 e. The summed E-state index contributed by atoms with van der Waals surface area (Å²) in [6, 6.07) is 2.69. The molecule has 0 aliphatic rings. The average Bonchev–Trinajstić information content (AvgIpc) is 2.26. The molecule has 0 radical (unpaired) electrons. The third-order valence-electron chi connectivity index (χ3n) is 2.09. The molecule has 106 valence electrons. The molecule has 0 spiro atoms. The van der Waals surface area contributed by atoms with Crippen LogP contribution in [0.25, 0.3) is 0 Å². The van der Waals surface area contributed by atoms with Crippen LogP contribution in [-0.4, -0.2) is 18.0 Å². The first kappa shape index (κ1) is 15.7. The Morgan fingerprint density at radius 3 is 2.42 bits per heavy atom. The molecule has 0 atom stereocenters. The SMILES string of the molecule is O=C(CCl)Cc1ccc(C(F)F)c(OC(F)(F)F)c1. The highest BCUT2D eigenvalue weighted by Gasteiger charge is 2.33. The number of ketones is 1.